The molecule has 2 N–H and O–H groups in total. The number of likely N-dealkylation sites (tertiary alicyclic amines) is 1. The Hall–Kier alpha value is -1.39. The van der Waals surface area contributed by atoms with Crippen LogP contribution in [0.25, 0.3) is 0 Å². The van der Waals surface area contributed by atoms with Crippen LogP contribution in [0.5, 0.6) is 0 Å². The molecule has 4 rings (SSSR count). The molecule has 2 saturated heterocycles. The first-order valence-electron chi connectivity index (χ1n) is 9.37. The molecule has 0 radical (unpaired) electrons. The molecule has 2 atom stereocenters. The van der Waals surface area contributed by atoms with Crippen molar-refractivity contribution in [3.8, 4) is 0 Å². The van der Waals surface area contributed by atoms with Gasteiger partial charge in [0.25, 0.3) is 0 Å². The number of amides is 1. The lowest BCUT2D eigenvalue weighted by atomic mass is 9.72. The number of carbonyl (C=O) groups is 1. The van der Waals surface area contributed by atoms with Crippen molar-refractivity contribution in [1.29, 1.82) is 0 Å². The molecular formula is C20H28N2O2. The molecule has 1 aromatic carbocycles. The van der Waals surface area contributed by atoms with Crippen LogP contribution in [0.4, 0.5) is 0 Å². The highest BCUT2D eigenvalue weighted by atomic mass is 16.5. The summed E-state index contributed by atoms with van der Waals surface area (Å²) in [5.41, 5.74) is 7.31. The van der Waals surface area contributed by atoms with Crippen molar-refractivity contribution in [2.75, 3.05) is 26.2 Å². The number of nitrogens with two attached hydrogens (primary N) is 1. The van der Waals surface area contributed by atoms with Crippen LogP contribution in [0.2, 0.25) is 0 Å². The zero-order valence-corrected chi connectivity index (χ0v) is 14.4. The average molecular weight is 328 g/mol. The zero-order valence-electron chi connectivity index (χ0n) is 14.4. The number of ether oxygens (including phenoxy) is 1. The Kier molecular flexibility index (Phi) is 4.13. The van der Waals surface area contributed by atoms with Crippen LogP contribution in [-0.4, -0.2) is 43.2 Å². The Balaban J connectivity index is 1.49. The van der Waals surface area contributed by atoms with Crippen LogP contribution >= 0.6 is 0 Å². The van der Waals surface area contributed by atoms with E-state index in [0.717, 1.165) is 58.2 Å². The second kappa shape index (κ2) is 6.16. The molecule has 0 aromatic heterocycles. The van der Waals surface area contributed by atoms with Crippen LogP contribution in [-0.2, 0) is 14.9 Å². The summed E-state index contributed by atoms with van der Waals surface area (Å²) in [5.74, 6) is 0.348. The highest BCUT2D eigenvalue weighted by Crippen LogP contribution is 2.49. The normalized spacial score (nSPS) is 31.9. The third-order valence-corrected chi connectivity index (χ3v) is 6.78. The molecule has 1 amide bonds. The zero-order chi connectivity index (χ0) is 16.6. The van der Waals surface area contributed by atoms with Gasteiger partial charge >= 0.3 is 0 Å². The second-order valence-electron chi connectivity index (χ2n) is 7.80. The third-order valence-electron chi connectivity index (χ3n) is 6.78. The summed E-state index contributed by atoms with van der Waals surface area (Å²) < 4.78 is 5.86. The number of nitrogens with zero attached hydrogens (tertiary/aromatic N) is 1. The maximum absolute atomic E-state index is 13.3. The summed E-state index contributed by atoms with van der Waals surface area (Å²) in [6, 6.07) is 10.6. The van der Waals surface area contributed by atoms with Gasteiger partial charge in [0.1, 0.15) is 0 Å². The SMILES string of the molecule is NCC1(c2ccccc2)CCN(C(=O)[C@]23CCC[C@H]2OCC3)CC1. The number of hydrogen-bond donors (Lipinski definition) is 1. The number of hydrogen-bond acceptors (Lipinski definition) is 3. The Morgan fingerprint density at radius 3 is 2.62 bits per heavy atom. The fourth-order valence-electron chi connectivity index (χ4n) is 5.16. The topological polar surface area (TPSA) is 55.6 Å². The first-order chi connectivity index (χ1) is 11.7. The minimum atomic E-state index is -0.213. The predicted octanol–water partition coefficient (Wildman–Crippen LogP) is 2.46. The van der Waals surface area contributed by atoms with E-state index in [9.17, 15) is 4.79 Å². The molecule has 3 fully saturated rings. The van der Waals surface area contributed by atoms with E-state index in [4.69, 9.17) is 10.5 Å². The molecular weight excluding hydrogens is 300 g/mol. The molecule has 1 aromatic rings. The van der Waals surface area contributed by atoms with E-state index in [1.54, 1.807) is 0 Å². The van der Waals surface area contributed by atoms with Crippen molar-refractivity contribution in [3.63, 3.8) is 0 Å². The summed E-state index contributed by atoms with van der Waals surface area (Å²) in [6.45, 7) is 3.04. The molecule has 2 aliphatic heterocycles. The summed E-state index contributed by atoms with van der Waals surface area (Å²) in [6.07, 6.45) is 6.18. The van der Waals surface area contributed by atoms with Crippen molar-refractivity contribution < 1.29 is 9.53 Å². The fourth-order valence-corrected chi connectivity index (χ4v) is 5.16. The Bertz CT molecular complexity index is 583. The molecule has 1 aliphatic carbocycles. The van der Waals surface area contributed by atoms with Gasteiger partial charge in [-0.3, -0.25) is 4.79 Å². The van der Waals surface area contributed by atoms with E-state index in [0.29, 0.717) is 12.5 Å². The van der Waals surface area contributed by atoms with E-state index in [1.165, 1.54) is 5.56 Å². The lowest BCUT2D eigenvalue weighted by Gasteiger charge is -2.44. The van der Waals surface area contributed by atoms with Crippen molar-refractivity contribution in [2.45, 2.75) is 50.0 Å². The van der Waals surface area contributed by atoms with Gasteiger partial charge in [0.05, 0.1) is 11.5 Å². The van der Waals surface area contributed by atoms with Crippen LogP contribution in [0.1, 0.15) is 44.1 Å². The molecule has 0 unspecified atom stereocenters. The molecule has 4 heteroatoms. The number of fused-ring (bicyclic) bond motifs is 1. The molecule has 2 heterocycles. The van der Waals surface area contributed by atoms with Gasteiger partial charge < -0.3 is 15.4 Å². The van der Waals surface area contributed by atoms with Crippen LogP contribution in [0.15, 0.2) is 30.3 Å². The molecule has 24 heavy (non-hydrogen) atoms. The molecule has 0 spiro atoms. The second-order valence-corrected chi connectivity index (χ2v) is 7.80. The average Bonchev–Trinajstić information content (AvgIpc) is 3.23. The van der Waals surface area contributed by atoms with Gasteiger partial charge in [0.2, 0.25) is 5.91 Å². The Labute approximate surface area is 144 Å². The van der Waals surface area contributed by atoms with E-state index < -0.39 is 0 Å². The maximum atomic E-state index is 13.3. The molecule has 1 saturated carbocycles. The molecule has 130 valence electrons. The Morgan fingerprint density at radius 1 is 1.17 bits per heavy atom. The van der Waals surface area contributed by atoms with Gasteiger partial charge in [-0.25, -0.2) is 0 Å². The number of carbonyl (C=O) groups excluding carboxylic acids is 1. The lowest BCUT2D eigenvalue weighted by molar-refractivity contribution is -0.145. The lowest BCUT2D eigenvalue weighted by Crippen LogP contribution is -2.53. The van der Waals surface area contributed by atoms with E-state index >= 15 is 0 Å². The molecule has 0 bridgehead atoms. The van der Waals surface area contributed by atoms with Crippen molar-refractivity contribution >= 4 is 5.91 Å². The summed E-state index contributed by atoms with van der Waals surface area (Å²) in [7, 11) is 0. The quantitative estimate of drug-likeness (QED) is 0.927. The number of piperidine rings is 1. The van der Waals surface area contributed by atoms with Gasteiger partial charge in [-0.15, -0.1) is 0 Å². The number of rotatable bonds is 3. The smallest absolute Gasteiger partial charge is 0.231 e. The highest BCUT2D eigenvalue weighted by Gasteiger charge is 2.54. The minimum Gasteiger partial charge on any atom is -0.377 e. The van der Waals surface area contributed by atoms with Gasteiger partial charge in [-0.2, -0.15) is 0 Å². The van der Waals surface area contributed by atoms with Crippen molar-refractivity contribution in [1.82, 2.24) is 4.90 Å². The summed E-state index contributed by atoms with van der Waals surface area (Å²) in [5, 5.41) is 0. The van der Waals surface area contributed by atoms with Gasteiger partial charge in [-0.05, 0) is 44.1 Å². The summed E-state index contributed by atoms with van der Waals surface area (Å²) >= 11 is 0. The summed E-state index contributed by atoms with van der Waals surface area (Å²) in [4.78, 5) is 15.4. The van der Waals surface area contributed by atoms with Crippen LogP contribution < -0.4 is 5.73 Å². The largest absolute Gasteiger partial charge is 0.377 e. The van der Waals surface area contributed by atoms with Gasteiger partial charge in [0, 0.05) is 31.7 Å². The first-order valence-corrected chi connectivity index (χ1v) is 9.37. The highest BCUT2D eigenvalue weighted by molar-refractivity contribution is 5.84. The van der Waals surface area contributed by atoms with Crippen molar-refractivity contribution in [3.05, 3.63) is 35.9 Å². The molecule has 3 aliphatic rings. The van der Waals surface area contributed by atoms with E-state index in [1.807, 2.05) is 6.07 Å². The fraction of sp³-hybridized carbons (Fsp3) is 0.650. The van der Waals surface area contributed by atoms with E-state index in [-0.39, 0.29) is 16.9 Å². The van der Waals surface area contributed by atoms with Crippen LogP contribution in [0.3, 0.4) is 0 Å². The van der Waals surface area contributed by atoms with Gasteiger partial charge in [-0.1, -0.05) is 30.3 Å². The van der Waals surface area contributed by atoms with Crippen LogP contribution in [0, 0.1) is 5.41 Å². The standard InChI is InChI=1S/C20H28N2O2/c21-15-19(16-5-2-1-3-6-16)9-12-22(13-10-19)18(23)20-8-4-7-17(20)24-14-11-20/h1-3,5-6,17H,4,7-15,21H2/t17-,20+/m1/s1. The minimum absolute atomic E-state index is 0.0248. The maximum Gasteiger partial charge on any atom is 0.231 e. The number of benzene rings is 1. The van der Waals surface area contributed by atoms with Gasteiger partial charge in [0.15, 0.2) is 0 Å². The van der Waals surface area contributed by atoms with E-state index in [2.05, 4.69) is 29.2 Å². The monoisotopic (exact) mass is 328 g/mol. The first kappa shape index (κ1) is 16.1. The molecule has 4 nitrogen and oxygen atoms in total. The third kappa shape index (κ3) is 2.39. The Morgan fingerprint density at radius 2 is 1.92 bits per heavy atom. The van der Waals surface area contributed by atoms with Crippen molar-refractivity contribution in [2.24, 2.45) is 11.1 Å². The predicted molar refractivity (Wildman–Crippen MR) is 93.6 cm³/mol.